The maximum absolute atomic E-state index is 12.8. The number of benzene rings is 2. The highest BCUT2D eigenvalue weighted by atomic mass is 35.5. The topological polar surface area (TPSA) is 67.7 Å². The number of carbonyl (C=O) groups is 1. The molecule has 1 aliphatic rings. The predicted molar refractivity (Wildman–Crippen MR) is 121 cm³/mol. The Labute approximate surface area is 185 Å². The number of carbonyl (C=O) groups excluding carboxylic acids is 1. The van der Waals surface area contributed by atoms with E-state index >= 15 is 0 Å². The fourth-order valence-electron chi connectivity index (χ4n) is 3.62. The van der Waals surface area contributed by atoms with E-state index in [1.54, 1.807) is 24.1 Å². The first-order chi connectivity index (χ1) is 15.0. The standard InChI is InChI=1S/C23H23ClN4O3/c1-31-18-6-4-5-17(15-18)26-11-13-27(14-12-26)23(30)16-28-22(29)10-9-21(25-28)19-7-2-3-8-20(19)24/h2-10,15H,11-14,16H2,1H3. The van der Waals surface area contributed by atoms with Gasteiger partial charge in [0.1, 0.15) is 12.3 Å². The van der Waals surface area contributed by atoms with Crippen molar-refractivity contribution in [2.45, 2.75) is 6.54 Å². The van der Waals surface area contributed by atoms with Crippen molar-refractivity contribution in [3.63, 3.8) is 0 Å². The minimum absolute atomic E-state index is 0.101. The maximum Gasteiger partial charge on any atom is 0.267 e. The quantitative estimate of drug-likeness (QED) is 0.612. The van der Waals surface area contributed by atoms with E-state index in [9.17, 15) is 9.59 Å². The van der Waals surface area contributed by atoms with Gasteiger partial charge < -0.3 is 14.5 Å². The monoisotopic (exact) mass is 438 g/mol. The summed E-state index contributed by atoms with van der Waals surface area (Å²) in [5.41, 5.74) is 2.02. The van der Waals surface area contributed by atoms with Crippen molar-refractivity contribution in [3.05, 3.63) is 76.0 Å². The number of hydrogen-bond acceptors (Lipinski definition) is 5. The highest BCUT2D eigenvalue weighted by Crippen LogP contribution is 2.25. The molecule has 2 heterocycles. The summed E-state index contributed by atoms with van der Waals surface area (Å²) < 4.78 is 6.50. The Hall–Kier alpha value is -3.32. The summed E-state index contributed by atoms with van der Waals surface area (Å²) >= 11 is 6.25. The van der Waals surface area contributed by atoms with Crippen LogP contribution in [-0.4, -0.2) is 53.9 Å². The number of hydrogen-bond donors (Lipinski definition) is 0. The second-order valence-corrected chi connectivity index (χ2v) is 7.67. The molecule has 1 aliphatic heterocycles. The second-order valence-electron chi connectivity index (χ2n) is 7.26. The molecular weight excluding hydrogens is 416 g/mol. The Morgan fingerprint density at radius 1 is 1.03 bits per heavy atom. The molecule has 2 aromatic carbocycles. The van der Waals surface area contributed by atoms with E-state index in [0.29, 0.717) is 36.9 Å². The summed E-state index contributed by atoms with van der Waals surface area (Å²) in [6, 6.07) is 18.2. The number of halogens is 1. The van der Waals surface area contributed by atoms with Crippen molar-refractivity contribution in [1.82, 2.24) is 14.7 Å². The molecule has 0 radical (unpaired) electrons. The van der Waals surface area contributed by atoms with E-state index in [1.165, 1.54) is 10.7 Å². The molecule has 0 atom stereocenters. The van der Waals surface area contributed by atoms with E-state index in [0.717, 1.165) is 17.0 Å². The molecule has 0 saturated carbocycles. The first-order valence-electron chi connectivity index (χ1n) is 10.0. The third-order valence-corrected chi connectivity index (χ3v) is 5.68. The molecule has 0 N–H and O–H groups in total. The number of amides is 1. The molecule has 4 rings (SSSR count). The van der Waals surface area contributed by atoms with Crippen molar-refractivity contribution >= 4 is 23.2 Å². The van der Waals surface area contributed by atoms with Crippen LogP contribution in [0.2, 0.25) is 5.02 Å². The van der Waals surface area contributed by atoms with E-state index in [4.69, 9.17) is 16.3 Å². The zero-order valence-corrected chi connectivity index (χ0v) is 18.0. The molecule has 0 spiro atoms. The molecule has 1 fully saturated rings. The maximum atomic E-state index is 12.8. The largest absolute Gasteiger partial charge is 0.497 e. The van der Waals surface area contributed by atoms with Crippen LogP contribution in [0.15, 0.2) is 65.5 Å². The van der Waals surface area contributed by atoms with Gasteiger partial charge in [-0.2, -0.15) is 5.10 Å². The minimum Gasteiger partial charge on any atom is -0.497 e. The second kappa shape index (κ2) is 9.22. The summed E-state index contributed by atoms with van der Waals surface area (Å²) in [5.74, 6) is 0.677. The molecule has 1 amide bonds. The first-order valence-corrected chi connectivity index (χ1v) is 10.4. The van der Waals surface area contributed by atoms with Crippen molar-refractivity contribution in [2.24, 2.45) is 0 Å². The van der Waals surface area contributed by atoms with E-state index < -0.39 is 0 Å². The third kappa shape index (κ3) is 4.72. The lowest BCUT2D eigenvalue weighted by Crippen LogP contribution is -2.50. The van der Waals surface area contributed by atoms with Gasteiger partial charge in [0.25, 0.3) is 5.56 Å². The number of rotatable bonds is 5. The Bertz CT molecular complexity index is 1140. The lowest BCUT2D eigenvalue weighted by Gasteiger charge is -2.36. The Balaban J connectivity index is 1.43. The van der Waals surface area contributed by atoms with E-state index in [1.807, 2.05) is 42.5 Å². The van der Waals surface area contributed by atoms with Gasteiger partial charge in [0.2, 0.25) is 5.91 Å². The third-order valence-electron chi connectivity index (χ3n) is 5.35. The molecule has 0 aliphatic carbocycles. The molecule has 0 unspecified atom stereocenters. The van der Waals surface area contributed by atoms with Crippen molar-refractivity contribution in [1.29, 1.82) is 0 Å². The van der Waals surface area contributed by atoms with Gasteiger partial charge in [-0.25, -0.2) is 4.68 Å². The van der Waals surface area contributed by atoms with Crippen molar-refractivity contribution in [2.75, 3.05) is 38.2 Å². The molecule has 31 heavy (non-hydrogen) atoms. The molecule has 8 heteroatoms. The molecule has 0 bridgehead atoms. The van der Waals surface area contributed by atoms with Crippen LogP contribution < -0.4 is 15.2 Å². The zero-order chi connectivity index (χ0) is 21.8. The van der Waals surface area contributed by atoms with Crippen LogP contribution in [0.3, 0.4) is 0 Å². The summed E-state index contributed by atoms with van der Waals surface area (Å²) in [7, 11) is 1.65. The van der Waals surface area contributed by atoms with Crippen LogP contribution in [0.1, 0.15) is 0 Å². The number of nitrogens with zero attached hydrogens (tertiary/aromatic N) is 4. The predicted octanol–water partition coefficient (Wildman–Crippen LogP) is 2.92. The van der Waals surface area contributed by atoms with Crippen LogP contribution in [0.25, 0.3) is 11.3 Å². The van der Waals surface area contributed by atoms with Gasteiger partial charge in [0.15, 0.2) is 0 Å². The van der Waals surface area contributed by atoms with Gasteiger partial charge in [-0.05, 0) is 24.3 Å². The SMILES string of the molecule is COc1cccc(N2CCN(C(=O)Cn3nc(-c4ccccc4Cl)ccc3=O)CC2)c1. The van der Waals surface area contributed by atoms with Gasteiger partial charge >= 0.3 is 0 Å². The van der Waals surface area contributed by atoms with E-state index in [-0.39, 0.29) is 18.0 Å². The smallest absolute Gasteiger partial charge is 0.267 e. The summed E-state index contributed by atoms with van der Waals surface area (Å²) in [6.07, 6.45) is 0. The van der Waals surface area contributed by atoms with E-state index in [2.05, 4.69) is 10.00 Å². The highest BCUT2D eigenvalue weighted by Gasteiger charge is 2.22. The molecule has 7 nitrogen and oxygen atoms in total. The fraction of sp³-hybridized carbons (Fsp3) is 0.261. The van der Waals surface area contributed by atoms with Crippen LogP contribution in [-0.2, 0) is 11.3 Å². The lowest BCUT2D eigenvalue weighted by atomic mass is 10.1. The van der Waals surface area contributed by atoms with Gasteiger partial charge in [-0.1, -0.05) is 35.9 Å². The number of methoxy groups -OCH3 is 1. The number of aromatic nitrogens is 2. The summed E-state index contributed by atoms with van der Waals surface area (Å²) in [4.78, 5) is 29.1. The van der Waals surface area contributed by atoms with Crippen LogP contribution in [0, 0.1) is 0 Å². The van der Waals surface area contributed by atoms with Gasteiger partial charge in [0.05, 0.1) is 17.8 Å². The Kier molecular flexibility index (Phi) is 6.23. The normalized spacial score (nSPS) is 13.9. The average molecular weight is 439 g/mol. The first kappa shape index (κ1) is 20.9. The Morgan fingerprint density at radius 2 is 1.81 bits per heavy atom. The summed E-state index contributed by atoms with van der Waals surface area (Å²) in [5, 5.41) is 4.91. The summed E-state index contributed by atoms with van der Waals surface area (Å²) in [6.45, 7) is 2.47. The zero-order valence-electron chi connectivity index (χ0n) is 17.2. The average Bonchev–Trinajstić information content (AvgIpc) is 2.81. The molecule has 1 saturated heterocycles. The Morgan fingerprint density at radius 3 is 2.55 bits per heavy atom. The van der Waals surface area contributed by atoms with Gasteiger partial charge in [-0.3, -0.25) is 9.59 Å². The molecule has 3 aromatic rings. The molecular formula is C23H23ClN4O3. The molecule has 1 aromatic heterocycles. The molecule has 160 valence electrons. The van der Waals surface area contributed by atoms with Crippen molar-refractivity contribution < 1.29 is 9.53 Å². The van der Waals surface area contributed by atoms with Crippen LogP contribution in [0.4, 0.5) is 5.69 Å². The van der Waals surface area contributed by atoms with Crippen LogP contribution in [0.5, 0.6) is 5.75 Å². The minimum atomic E-state index is -0.320. The van der Waals surface area contributed by atoms with Gasteiger partial charge in [0, 0.05) is 49.6 Å². The van der Waals surface area contributed by atoms with Gasteiger partial charge in [-0.15, -0.1) is 0 Å². The lowest BCUT2D eigenvalue weighted by molar-refractivity contribution is -0.132. The van der Waals surface area contributed by atoms with Crippen LogP contribution >= 0.6 is 11.6 Å². The number of piperazine rings is 1. The van der Waals surface area contributed by atoms with Crippen molar-refractivity contribution in [3.8, 4) is 17.0 Å². The number of anilines is 1. The number of ether oxygens (including phenoxy) is 1. The highest BCUT2D eigenvalue weighted by molar-refractivity contribution is 6.33. The fourth-order valence-corrected chi connectivity index (χ4v) is 3.86.